The van der Waals surface area contributed by atoms with Gasteiger partial charge in [0.1, 0.15) is 0 Å². The molecule has 0 saturated heterocycles. The van der Waals surface area contributed by atoms with Gasteiger partial charge >= 0.3 is 0 Å². The molecule has 0 bridgehead atoms. The molecule has 2 rings (SSSR count). The fourth-order valence-electron chi connectivity index (χ4n) is 2.94. The Bertz CT molecular complexity index is 216. The van der Waals surface area contributed by atoms with E-state index in [2.05, 4.69) is 24.0 Å². The van der Waals surface area contributed by atoms with E-state index in [4.69, 9.17) is 5.73 Å². The predicted octanol–water partition coefficient (Wildman–Crippen LogP) is 1.77. The molecule has 0 aromatic rings. The third kappa shape index (κ3) is 2.37. The highest BCUT2D eigenvalue weighted by Crippen LogP contribution is 2.31. The molecular weight excluding hydrogens is 172 g/mol. The third-order valence-corrected chi connectivity index (χ3v) is 3.56. The summed E-state index contributed by atoms with van der Waals surface area (Å²) >= 11 is 0. The van der Waals surface area contributed by atoms with Crippen LogP contribution in [0.4, 0.5) is 0 Å². The summed E-state index contributed by atoms with van der Waals surface area (Å²) in [7, 11) is 0. The van der Waals surface area contributed by atoms with Crippen LogP contribution in [-0.4, -0.2) is 30.1 Å². The number of nitrogens with zero attached hydrogens (tertiary/aromatic N) is 1. The first-order chi connectivity index (χ1) is 6.68. The van der Waals surface area contributed by atoms with Crippen LogP contribution < -0.4 is 5.73 Å². The maximum Gasteiger partial charge on any atom is 0.0286 e. The standard InChI is InChI=1S/C12H22N2/c1-11-5-4-6-12(13,9-11)10-14-7-2-3-8-14/h2-3,11H,4-10,13H2,1H3. The van der Waals surface area contributed by atoms with Gasteiger partial charge in [0.05, 0.1) is 0 Å². The van der Waals surface area contributed by atoms with Crippen LogP contribution in [0.3, 0.4) is 0 Å². The molecule has 1 saturated carbocycles. The van der Waals surface area contributed by atoms with Crippen molar-refractivity contribution in [1.29, 1.82) is 0 Å². The molecule has 0 aromatic carbocycles. The summed E-state index contributed by atoms with van der Waals surface area (Å²) in [6, 6.07) is 0. The largest absolute Gasteiger partial charge is 0.324 e. The average molecular weight is 194 g/mol. The lowest BCUT2D eigenvalue weighted by Gasteiger charge is -2.39. The van der Waals surface area contributed by atoms with E-state index in [0.29, 0.717) is 0 Å². The highest BCUT2D eigenvalue weighted by atomic mass is 15.1. The molecule has 1 aliphatic heterocycles. The summed E-state index contributed by atoms with van der Waals surface area (Å²) in [4.78, 5) is 2.46. The quantitative estimate of drug-likeness (QED) is 0.679. The zero-order valence-electron chi connectivity index (χ0n) is 9.21. The van der Waals surface area contributed by atoms with E-state index >= 15 is 0 Å². The van der Waals surface area contributed by atoms with Crippen LogP contribution in [0, 0.1) is 5.92 Å². The molecule has 2 atom stereocenters. The zero-order valence-corrected chi connectivity index (χ0v) is 9.21. The summed E-state index contributed by atoms with van der Waals surface area (Å²) in [6.45, 7) is 5.63. The van der Waals surface area contributed by atoms with Crippen molar-refractivity contribution in [3.63, 3.8) is 0 Å². The first-order valence-electron chi connectivity index (χ1n) is 5.84. The smallest absolute Gasteiger partial charge is 0.0286 e. The minimum atomic E-state index is 0.101. The lowest BCUT2D eigenvalue weighted by molar-refractivity contribution is 0.172. The zero-order chi connectivity index (χ0) is 10.0. The fraction of sp³-hybridized carbons (Fsp3) is 0.833. The van der Waals surface area contributed by atoms with E-state index in [1.165, 1.54) is 25.7 Å². The van der Waals surface area contributed by atoms with Gasteiger partial charge in [-0.15, -0.1) is 0 Å². The Morgan fingerprint density at radius 2 is 2.14 bits per heavy atom. The van der Waals surface area contributed by atoms with Gasteiger partial charge in [-0.1, -0.05) is 31.9 Å². The van der Waals surface area contributed by atoms with E-state index in [1.807, 2.05) is 0 Å². The van der Waals surface area contributed by atoms with Gasteiger partial charge < -0.3 is 5.73 Å². The van der Waals surface area contributed by atoms with E-state index in [-0.39, 0.29) is 5.54 Å². The molecule has 80 valence electrons. The Morgan fingerprint density at radius 3 is 2.79 bits per heavy atom. The molecule has 0 aromatic heterocycles. The lowest BCUT2D eigenvalue weighted by Crippen LogP contribution is -2.52. The SMILES string of the molecule is CC1CCCC(N)(CN2CC=CC2)C1. The Kier molecular flexibility index (Phi) is 2.93. The van der Waals surface area contributed by atoms with Crippen molar-refractivity contribution < 1.29 is 0 Å². The van der Waals surface area contributed by atoms with Gasteiger partial charge in [-0.05, 0) is 18.8 Å². The van der Waals surface area contributed by atoms with Crippen LogP contribution in [-0.2, 0) is 0 Å². The van der Waals surface area contributed by atoms with Crippen molar-refractivity contribution in [1.82, 2.24) is 4.90 Å². The molecule has 0 radical (unpaired) electrons. The molecule has 0 spiro atoms. The Morgan fingerprint density at radius 1 is 1.43 bits per heavy atom. The number of hydrogen-bond donors (Lipinski definition) is 1. The van der Waals surface area contributed by atoms with Crippen molar-refractivity contribution in [2.75, 3.05) is 19.6 Å². The van der Waals surface area contributed by atoms with Gasteiger partial charge in [-0.25, -0.2) is 0 Å². The van der Waals surface area contributed by atoms with Crippen LogP contribution in [0.15, 0.2) is 12.2 Å². The highest BCUT2D eigenvalue weighted by molar-refractivity contribution is 5.00. The molecule has 14 heavy (non-hydrogen) atoms. The van der Waals surface area contributed by atoms with Crippen molar-refractivity contribution >= 4 is 0 Å². The van der Waals surface area contributed by atoms with Gasteiger partial charge in [0.2, 0.25) is 0 Å². The summed E-state index contributed by atoms with van der Waals surface area (Å²) in [5.41, 5.74) is 6.56. The van der Waals surface area contributed by atoms with Gasteiger partial charge in [0.25, 0.3) is 0 Å². The molecule has 2 heteroatoms. The van der Waals surface area contributed by atoms with Gasteiger partial charge in [-0.2, -0.15) is 0 Å². The Hall–Kier alpha value is -0.340. The second-order valence-electron chi connectivity index (χ2n) is 5.23. The first kappa shape index (κ1) is 10.2. The summed E-state index contributed by atoms with van der Waals surface area (Å²) in [5, 5.41) is 0. The summed E-state index contributed by atoms with van der Waals surface area (Å²) in [6.07, 6.45) is 9.61. The molecule has 0 amide bonds. The summed E-state index contributed by atoms with van der Waals surface area (Å²) < 4.78 is 0. The van der Waals surface area contributed by atoms with Gasteiger partial charge in [0, 0.05) is 25.2 Å². The fourth-order valence-corrected chi connectivity index (χ4v) is 2.94. The van der Waals surface area contributed by atoms with Crippen LogP contribution in [0.1, 0.15) is 32.6 Å². The molecule has 1 fully saturated rings. The lowest BCUT2D eigenvalue weighted by atomic mass is 9.77. The Balaban J connectivity index is 1.87. The minimum Gasteiger partial charge on any atom is -0.324 e. The molecule has 2 nitrogen and oxygen atoms in total. The van der Waals surface area contributed by atoms with E-state index in [1.54, 1.807) is 0 Å². The van der Waals surface area contributed by atoms with Crippen molar-refractivity contribution in [2.45, 2.75) is 38.1 Å². The maximum atomic E-state index is 6.46. The molecule has 2 unspecified atom stereocenters. The predicted molar refractivity (Wildman–Crippen MR) is 60.1 cm³/mol. The topological polar surface area (TPSA) is 29.3 Å². The van der Waals surface area contributed by atoms with Crippen molar-refractivity contribution in [3.05, 3.63) is 12.2 Å². The summed E-state index contributed by atoms with van der Waals surface area (Å²) in [5.74, 6) is 0.823. The van der Waals surface area contributed by atoms with Crippen LogP contribution in [0.5, 0.6) is 0 Å². The second-order valence-corrected chi connectivity index (χ2v) is 5.23. The third-order valence-electron chi connectivity index (χ3n) is 3.56. The van der Waals surface area contributed by atoms with Crippen LogP contribution >= 0.6 is 0 Å². The number of hydrogen-bond acceptors (Lipinski definition) is 2. The molecule has 1 heterocycles. The molecular formula is C12H22N2. The maximum absolute atomic E-state index is 6.46. The van der Waals surface area contributed by atoms with E-state index < -0.39 is 0 Å². The number of rotatable bonds is 2. The van der Waals surface area contributed by atoms with Crippen molar-refractivity contribution in [2.24, 2.45) is 11.7 Å². The average Bonchev–Trinajstić information content (AvgIpc) is 2.55. The normalized spacial score (nSPS) is 39.1. The monoisotopic (exact) mass is 194 g/mol. The van der Waals surface area contributed by atoms with E-state index in [0.717, 1.165) is 25.6 Å². The minimum absolute atomic E-state index is 0.101. The molecule has 1 aliphatic carbocycles. The molecule has 2 aliphatic rings. The Labute approximate surface area is 87.2 Å². The van der Waals surface area contributed by atoms with Gasteiger partial charge in [-0.3, -0.25) is 4.90 Å². The van der Waals surface area contributed by atoms with E-state index in [9.17, 15) is 0 Å². The van der Waals surface area contributed by atoms with Crippen LogP contribution in [0.2, 0.25) is 0 Å². The first-order valence-corrected chi connectivity index (χ1v) is 5.84. The van der Waals surface area contributed by atoms with Gasteiger partial charge in [0.15, 0.2) is 0 Å². The molecule has 2 N–H and O–H groups in total. The van der Waals surface area contributed by atoms with Crippen molar-refractivity contribution in [3.8, 4) is 0 Å². The second kappa shape index (κ2) is 4.03. The number of nitrogens with two attached hydrogens (primary N) is 1. The van der Waals surface area contributed by atoms with Crippen LogP contribution in [0.25, 0.3) is 0 Å². The highest BCUT2D eigenvalue weighted by Gasteiger charge is 2.32.